The summed E-state index contributed by atoms with van der Waals surface area (Å²) in [7, 11) is 0. The van der Waals surface area contributed by atoms with Crippen molar-refractivity contribution < 1.29 is 9.90 Å². The Kier molecular flexibility index (Phi) is 3.06. The summed E-state index contributed by atoms with van der Waals surface area (Å²) in [6.45, 7) is -0.187. The number of fused-ring (bicyclic) bond motifs is 2. The minimum Gasteiger partial charge on any atom is -0.480 e. The van der Waals surface area contributed by atoms with Crippen LogP contribution in [0.4, 0.5) is 0 Å². The number of rotatable bonds is 2. The summed E-state index contributed by atoms with van der Waals surface area (Å²) in [5.41, 5.74) is 1.17. The number of hydrogen-bond acceptors (Lipinski definition) is 2. The van der Waals surface area contributed by atoms with E-state index in [2.05, 4.69) is 15.9 Å². The first-order valence-corrected chi connectivity index (χ1v) is 6.80. The highest BCUT2D eigenvalue weighted by atomic mass is 79.9. The quantitative estimate of drug-likeness (QED) is 0.734. The molecule has 0 aliphatic rings. The van der Waals surface area contributed by atoms with Crippen molar-refractivity contribution in [3.8, 4) is 0 Å². The van der Waals surface area contributed by atoms with Crippen molar-refractivity contribution in [1.29, 1.82) is 0 Å². The van der Waals surface area contributed by atoms with E-state index in [9.17, 15) is 9.59 Å². The standard InChI is InChI=1S/C15H10BrNO3/c16-9-5-6-11-13(7-9)17(8-14(18)19)12-4-2-1-3-10(12)15(11)20/h1-7H,8H2,(H,18,19). The van der Waals surface area contributed by atoms with Gasteiger partial charge in [-0.05, 0) is 30.3 Å². The molecule has 0 amide bonds. The molecule has 3 rings (SSSR count). The number of nitrogens with zero attached hydrogens (tertiary/aromatic N) is 1. The molecular weight excluding hydrogens is 322 g/mol. The van der Waals surface area contributed by atoms with Gasteiger partial charge in [0.2, 0.25) is 0 Å². The van der Waals surface area contributed by atoms with Gasteiger partial charge in [0, 0.05) is 15.2 Å². The molecular formula is C15H10BrNO3. The van der Waals surface area contributed by atoms with Crippen LogP contribution in [0.15, 0.2) is 51.7 Å². The van der Waals surface area contributed by atoms with E-state index >= 15 is 0 Å². The first-order valence-electron chi connectivity index (χ1n) is 6.00. The van der Waals surface area contributed by atoms with Crippen molar-refractivity contribution in [2.24, 2.45) is 0 Å². The van der Waals surface area contributed by atoms with E-state index in [0.717, 1.165) is 4.47 Å². The predicted molar refractivity (Wildman–Crippen MR) is 81.0 cm³/mol. The molecule has 0 bridgehead atoms. The molecule has 2 aromatic carbocycles. The molecule has 3 aromatic rings. The Morgan fingerprint density at radius 1 is 1.10 bits per heavy atom. The number of carboxylic acid groups (broad SMARTS) is 1. The minimum absolute atomic E-state index is 0.0789. The molecule has 0 fully saturated rings. The summed E-state index contributed by atoms with van der Waals surface area (Å²) < 4.78 is 2.46. The number of benzene rings is 2. The van der Waals surface area contributed by atoms with Crippen molar-refractivity contribution >= 4 is 43.7 Å². The normalized spacial score (nSPS) is 11.1. The molecule has 0 saturated heterocycles. The van der Waals surface area contributed by atoms with Gasteiger partial charge in [-0.3, -0.25) is 9.59 Å². The van der Waals surface area contributed by atoms with Crippen LogP contribution in [0.2, 0.25) is 0 Å². The van der Waals surface area contributed by atoms with Gasteiger partial charge < -0.3 is 9.67 Å². The summed E-state index contributed by atoms with van der Waals surface area (Å²) in [5.74, 6) is -0.944. The van der Waals surface area contributed by atoms with Crippen LogP contribution in [-0.4, -0.2) is 15.6 Å². The maximum atomic E-state index is 12.5. The van der Waals surface area contributed by atoms with E-state index in [1.54, 1.807) is 47.0 Å². The summed E-state index contributed by atoms with van der Waals surface area (Å²) in [6.07, 6.45) is 0. The van der Waals surface area contributed by atoms with E-state index in [1.807, 2.05) is 0 Å². The van der Waals surface area contributed by atoms with E-state index in [0.29, 0.717) is 21.8 Å². The fourth-order valence-corrected chi connectivity index (χ4v) is 2.75. The van der Waals surface area contributed by atoms with E-state index in [-0.39, 0.29) is 12.0 Å². The van der Waals surface area contributed by atoms with Gasteiger partial charge in [-0.1, -0.05) is 28.1 Å². The van der Waals surface area contributed by atoms with Crippen molar-refractivity contribution in [2.75, 3.05) is 0 Å². The summed E-state index contributed by atoms with van der Waals surface area (Å²) >= 11 is 3.36. The number of halogens is 1. The number of para-hydroxylation sites is 1. The second-order valence-corrected chi connectivity index (χ2v) is 5.40. The SMILES string of the molecule is O=C(O)Cn1c2ccccc2c(=O)c2ccc(Br)cc21. The molecule has 0 saturated carbocycles. The lowest BCUT2D eigenvalue weighted by Gasteiger charge is -2.13. The average Bonchev–Trinajstić information content (AvgIpc) is 2.43. The van der Waals surface area contributed by atoms with Gasteiger partial charge >= 0.3 is 5.97 Å². The third-order valence-electron chi connectivity index (χ3n) is 3.23. The lowest BCUT2D eigenvalue weighted by atomic mass is 10.1. The summed E-state index contributed by atoms with van der Waals surface area (Å²) in [4.78, 5) is 23.6. The summed E-state index contributed by atoms with van der Waals surface area (Å²) in [6, 6.07) is 12.3. The number of carboxylic acids is 1. The largest absolute Gasteiger partial charge is 0.480 e. The Balaban J connectivity index is 2.57. The fourth-order valence-electron chi connectivity index (χ4n) is 2.40. The van der Waals surface area contributed by atoms with Crippen LogP contribution in [0.3, 0.4) is 0 Å². The minimum atomic E-state index is -0.944. The van der Waals surface area contributed by atoms with Crippen molar-refractivity contribution in [1.82, 2.24) is 4.57 Å². The molecule has 0 radical (unpaired) electrons. The Labute approximate surface area is 122 Å². The maximum Gasteiger partial charge on any atom is 0.323 e. The zero-order valence-electron chi connectivity index (χ0n) is 10.3. The monoisotopic (exact) mass is 331 g/mol. The van der Waals surface area contributed by atoms with E-state index in [4.69, 9.17) is 5.11 Å². The third kappa shape index (κ3) is 2.00. The van der Waals surface area contributed by atoms with E-state index in [1.165, 1.54) is 0 Å². The molecule has 100 valence electrons. The number of hydrogen-bond donors (Lipinski definition) is 1. The van der Waals surface area contributed by atoms with Crippen LogP contribution in [-0.2, 0) is 11.3 Å². The second-order valence-electron chi connectivity index (χ2n) is 4.49. The van der Waals surface area contributed by atoms with Crippen LogP contribution in [0, 0.1) is 0 Å². The molecule has 0 spiro atoms. The second kappa shape index (κ2) is 4.76. The topological polar surface area (TPSA) is 59.3 Å². The van der Waals surface area contributed by atoms with Gasteiger partial charge in [-0.25, -0.2) is 0 Å². The highest BCUT2D eigenvalue weighted by molar-refractivity contribution is 9.10. The molecule has 0 atom stereocenters. The van der Waals surface area contributed by atoms with Crippen molar-refractivity contribution in [3.63, 3.8) is 0 Å². The van der Waals surface area contributed by atoms with Crippen LogP contribution in [0.5, 0.6) is 0 Å². The van der Waals surface area contributed by atoms with Crippen LogP contribution in [0.25, 0.3) is 21.8 Å². The molecule has 4 nitrogen and oxygen atoms in total. The molecule has 0 unspecified atom stereocenters. The van der Waals surface area contributed by atoms with Crippen LogP contribution in [0.1, 0.15) is 0 Å². The van der Waals surface area contributed by atoms with Crippen molar-refractivity contribution in [3.05, 3.63) is 57.2 Å². The molecule has 0 aliphatic heterocycles. The van der Waals surface area contributed by atoms with Crippen LogP contribution >= 0.6 is 15.9 Å². The molecule has 0 aliphatic carbocycles. The van der Waals surface area contributed by atoms with Gasteiger partial charge in [-0.2, -0.15) is 0 Å². The lowest BCUT2D eigenvalue weighted by Crippen LogP contribution is -2.15. The van der Waals surface area contributed by atoms with Gasteiger partial charge in [0.25, 0.3) is 0 Å². The first kappa shape index (κ1) is 12.9. The Morgan fingerprint density at radius 2 is 1.80 bits per heavy atom. The lowest BCUT2D eigenvalue weighted by molar-refractivity contribution is -0.137. The number of aromatic nitrogens is 1. The van der Waals surface area contributed by atoms with Crippen molar-refractivity contribution in [2.45, 2.75) is 6.54 Å². The maximum absolute atomic E-state index is 12.5. The summed E-state index contributed by atoms with van der Waals surface area (Å²) in [5, 5.41) is 10.2. The highest BCUT2D eigenvalue weighted by Crippen LogP contribution is 2.22. The Bertz CT molecular complexity index is 899. The van der Waals surface area contributed by atoms with Gasteiger partial charge in [0.1, 0.15) is 6.54 Å². The van der Waals surface area contributed by atoms with Gasteiger partial charge in [0.05, 0.1) is 11.0 Å². The highest BCUT2D eigenvalue weighted by Gasteiger charge is 2.12. The first-order chi connectivity index (χ1) is 9.58. The molecule has 1 aromatic heterocycles. The number of aliphatic carboxylic acids is 1. The zero-order valence-corrected chi connectivity index (χ0v) is 11.9. The van der Waals surface area contributed by atoms with E-state index < -0.39 is 5.97 Å². The molecule has 1 heterocycles. The fraction of sp³-hybridized carbons (Fsp3) is 0.0667. The smallest absolute Gasteiger partial charge is 0.323 e. The predicted octanol–water partition coefficient (Wildman–Crippen LogP) is 3.00. The van der Waals surface area contributed by atoms with Gasteiger partial charge in [0.15, 0.2) is 5.43 Å². The number of carbonyl (C=O) groups is 1. The molecule has 5 heteroatoms. The molecule has 20 heavy (non-hydrogen) atoms. The average molecular weight is 332 g/mol. The molecule has 1 N–H and O–H groups in total. The Hall–Kier alpha value is -2.14. The Morgan fingerprint density at radius 3 is 2.55 bits per heavy atom. The number of pyridine rings is 1. The van der Waals surface area contributed by atoms with Crippen LogP contribution < -0.4 is 5.43 Å². The third-order valence-corrected chi connectivity index (χ3v) is 3.72. The van der Waals surface area contributed by atoms with Gasteiger partial charge in [-0.15, -0.1) is 0 Å². The zero-order chi connectivity index (χ0) is 14.3.